The number of imidazole rings is 1. The standard InChI is InChI=1S/C17H16ClN3O3S/c18-11-3-6-13(7-4-11)25(22,23)21-12-5-8-14-15(10-12)20-17(19-14)16-2-1-9-24-16/h3-8,10,16,21H,1-2,9H2,(H,19,20). The second kappa shape index (κ2) is 6.33. The van der Waals surface area contributed by atoms with Gasteiger partial charge in [-0.1, -0.05) is 11.6 Å². The van der Waals surface area contributed by atoms with Crippen molar-refractivity contribution in [2.75, 3.05) is 11.3 Å². The second-order valence-corrected chi connectivity index (χ2v) is 8.03. The lowest BCUT2D eigenvalue weighted by atomic mass is 10.2. The normalized spacial score (nSPS) is 17.9. The Hall–Kier alpha value is -2.09. The summed E-state index contributed by atoms with van der Waals surface area (Å²) in [7, 11) is -3.68. The fraction of sp³-hybridized carbons (Fsp3) is 0.235. The third kappa shape index (κ3) is 3.35. The van der Waals surface area contributed by atoms with Crippen LogP contribution >= 0.6 is 11.6 Å². The van der Waals surface area contributed by atoms with Gasteiger partial charge in [-0.05, 0) is 55.3 Å². The zero-order valence-electron chi connectivity index (χ0n) is 13.2. The molecule has 8 heteroatoms. The topological polar surface area (TPSA) is 84.1 Å². The first kappa shape index (κ1) is 16.4. The summed E-state index contributed by atoms with van der Waals surface area (Å²) in [6.45, 7) is 0.744. The van der Waals surface area contributed by atoms with Crippen molar-refractivity contribution in [2.24, 2.45) is 0 Å². The highest BCUT2D eigenvalue weighted by Crippen LogP contribution is 2.29. The van der Waals surface area contributed by atoms with Crippen molar-refractivity contribution >= 4 is 38.3 Å². The molecule has 0 bridgehead atoms. The van der Waals surface area contributed by atoms with E-state index in [2.05, 4.69) is 14.7 Å². The van der Waals surface area contributed by atoms with Crippen LogP contribution < -0.4 is 4.72 Å². The third-order valence-electron chi connectivity index (χ3n) is 4.11. The number of hydrogen-bond acceptors (Lipinski definition) is 4. The van der Waals surface area contributed by atoms with Gasteiger partial charge in [0.2, 0.25) is 0 Å². The number of fused-ring (bicyclic) bond motifs is 1. The molecule has 1 unspecified atom stereocenters. The van der Waals surface area contributed by atoms with E-state index >= 15 is 0 Å². The molecule has 0 saturated carbocycles. The number of rotatable bonds is 4. The van der Waals surface area contributed by atoms with Crippen molar-refractivity contribution in [2.45, 2.75) is 23.8 Å². The summed E-state index contributed by atoms with van der Waals surface area (Å²) < 4.78 is 33.1. The Bertz CT molecular complexity index is 1010. The van der Waals surface area contributed by atoms with Crippen molar-refractivity contribution in [1.82, 2.24) is 9.97 Å². The van der Waals surface area contributed by atoms with Crippen LogP contribution in [0.25, 0.3) is 11.0 Å². The molecule has 1 fully saturated rings. The minimum absolute atomic E-state index is 0.0124. The van der Waals surface area contributed by atoms with Crippen molar-refractivity contribution in [1.29, 1.82) is 0 Å². The lowest BCUT2D eigenvalue weighted by Gasteiger charge is -2.08. The second-order valence-electron chi connectivity index (χ2n) is 5.92. The summed E-state index contributed by atoms with van der Waals surface area (Å²) in [5.74, 6) is 0.783. The number of aromatic amines is 1. The van der Waals surface area contributed by atoms with Crippen LogP contribution in [0.5, 0.6) is 0 Å². The predicted molar refractivity (Wildman–Crippen MR) is 96.3 cm³/mol. The van der Waals surface area contributed by atoms with Gasteiger partial charge in [0.05, 0.1) is 21.6 Å². The van der Waals surface area contributed by atoms with Crippen molar-refractivity contribution in [3.8, 4) is 0 Å². The van der Waals surface area contributed by atoms with E-state index in [-0.39, 0.29) is 11.0 Å². The van der Waals surface area contributed by atoms with Gasteiger partial charge in [0, 0.05) is 11.6 Å². The molecule has 6 nitrogen and oxygen atoms in total. The third-order valence-corrected chi connectivity index (χ3v) is 5.76. The van der Waals surface area contributed by atoms with E-state index in [1.54, 1.807) is 30.3 Å². The SMILES string of the molecule is O=S(=O)(Nc1ccc2nc(C3CCCO3)[nH]c2c1)c1ccc(Cl)cc1. The average Bonchev–Trinajstić information content (AvgIpc) is 3.23. The van der Waals surface area contributed by atoms with Crippen LogP contribution in [-0.4, -0.2) is 25.0 Å². The number of hydrogen-bond donors (Lipinski definition) is 2. The van der Waals surface area contributed by atoms with E-state index in [0.717, 1.165) is 36.3 Å². The van der Waals surface area contributed by atoms with Gasteiger partial charge in [-0.3, -0.25) is 4.72 Å². The van der Waals surface area contributed by atoms with Gasteiger partial charge in [-0.2, -0.15) is 0 Å². The Labute approximate surface area is 150 Å². The molecule has 2 heterocycles. The minimum Gasteiger partial charge on any atom is -0.370 e. The highest BCUT2D eigenvalue weighted by molar-refractivity contribution is 7.92. The van der Waals surface area contributed by atoms with Crippen LogP contribution in [0.2, 0.25) is 5.02 Å². The van der Waals surface area contributed by atoms with Gasteiger partial charge < -0.3 is 9.72 Å². The highest BCUT2D eigenvalue weighted by Gasteiger charge is 2.21. The Kier molecular flexibility index (Phi) is 4.15. The summed E-state index contributed by atoms with van der Waals surface area (Å²) in [5.41, 5.74) is 2.01. The maximum atomic E-state index is 12.5. The highest BCUT2D eigenvalue weighted by atomic mass is 35.5. The first-order chi connectivity index (χ1) is 12.0. The molecule has 2 aromatic carbocycles. The Balaban J connectivity index is 1.61. The van der Waals surface area contributed by atoms with Gasteiger partial charge in [0.25, 0.3) is 10.0 Å². The molecular weight excluding hydrogens is 362 g/mol. The lowest BCUT2D eigenvalue weighted by molar-refractivity contribution is 0.106. The van der Waals surface area contributed by atoms with Crippen molar-refractivity contribution < 1.29 is 13.2 Å². The molecule has 4 rings (SSSR count). The van der Waals surface area contributed by atoms with E-state index < -0.39 is 10.0 Å². The first-order valence-electron chi connectivity index (χ1n) is 7.91. The average molecular weight is 378 g/mol. The summed E-state index contributed by atoms with van der Waals surface area (Å²) in [6, 6.07) is 11.2. The van der Waals surface area contributed by atoms with Crippen molar-refractivity contribution in [3.05, 3.63) is 53.3 Å². The molecule has 25 heavy (non-hydrogen) atoms. The molecule has 130 valence electrons. The van der Waals surface area contributed by atoms with E-state index in [1.165, 1.54) is 12.1 Å². The molecule has 2 N–H and O–H groups in total. The summed E-state index contributed by atoms with van der Waals surface area (Å²) in [5, 5.41) is 0.486. The number of halogens is 1. The molecular formula is C17H16ClN3O3S. The van der Waals surface area contributed by atoms with Gasteiger partial charge in [0.15, 0.2) is 0 Å². The number of aromatic nitrogens is 2. The number of ether oxygens (including phenoxy) is 1. The number of sulfonamides is 1. The van der Waals surface area contributed by atoms with E-state index in [4.69, 9.17) is 16.3 Å². The molecule has 0 spiro atoms. The van der Waals surface area contributed by atoms with Gasteiger partial charge in [-0.15, -0.1) is 0 Å². The van der Waals surface area contributed by atoms with Crippen LogP contribution in [-0.2, 0) is 14.8 Å². The van der Waals surface area contributed by atoms with E-state index in [0.29, 0.717) is 10.7 Å². The largest absolute Gasteiger partial charge is 0.370 e. The molecule has 3 aromatic rings. The number of nitrogens with zero attached hydrogens (tertiary/aromatic N) is 1. The number of H-pyrrole nitrogens is 1. The number of benzene rings is 2. The molecule has 1 aliphatic heterocycles. The van der Waals surface area contributed by atoms with Crippen LogP contribution in [0.3, 0.4) is 0 Å². The Morgan fingerprint density at radius 3 is 2.72 bits per heavy atom. The van der Waals surface area contributed by atoms with E-state index in [9.17, 15) is 8.42 Å². The summed E-state index contributed by atoms with van der Waals surface area (Å²) >= 11 is 5.81. The zero-order valence-corrected chi connectivity index (χ0v) is 14.8. The smallest absolute Gasteiger partial charge is 0.261 e. The fourth-order valence-corrected chi connectivity index (χ4v) is 4.04. The zero-order chi connectivity index (χ0) is 17.4. The summed E-state index contributed by atoms with van der Waals surface area (Å²) in [6.07, 6.45) is 1.95. The lowest BCUT2D eigenvalue weighted by Crippen LogP contribution is -2.12. The van der Waals surface area contributed by atoms with Gasteiger partial charge in [-0.25, -0.2) is 13.4 Å². The van der Waals surface area contributed by atoms with Crippen LogP contribution in [0.15, 0.2) is 47.4 Å². The molecule has 1 saturated heterocycles. The van der Waals surface area contributed by atoms with Crippen LogP contribution in [0.4, 0.5) is 5.69 Å². The Morgan fingerprint density at radius 1 is 1.20 bits per heavy atom. The molecule has 1 aliphatic rings. The molecule has 0 amide bonds. The maximum absolute atomic E-state index is 12.5. The van der Waals surface area contributed by atoms with Crippen molar-refractivity contribution in [3.63, 3.8) is 0 Å². The molecule has 1 atom stereocenters. The first-order valence-corrected chi connectivity index (χ1v) is 9.77. The van der Waals surface area contributed by atoms with Crippen LogP contribution in [0, 0.1) is 0 Å². The fourth-order valence-electron chi connectivity index (χ4n) is 2.87. The van der Waals surface area contributed by atoms with E-state index in [1.807, 2.05) is 0 Å². The molecule has 0 aliphatic carbocycles. The Morgan fingerprint density at radius 2 is 2.00 bits per heavy atom. The summed E-state index contributed by atoms with van der Waals surface area (Å²) in [4.78, 5) is 7.90. The number of nitrogens with one attached hydrogen (secondary N) is 2. The maximum Gasteiger partial charge on any atom is 0.261 e. The molecule has 1 aromatic heterocycles. The number of anilines is 1. The van der Waals surface area contributed by atoms with Crippen LogP contribution in [0.1, 0.15) is 24.8 Å². The molecule has 0 radical (unpaired) electrons. The minimum atomic E-state index is -3.68. The quantitative estimate of drug-likeness (QED) is 0.722. The van der Waals surface area contributed by atoms with Gasteiger partial charge in [0.1, 0.15) is 11.9 Å². The van der Waals surface area contributed by atoms with Gasteiger partial charge >= 0.3 is 0 Å². The predicted octanol–water partition coefficient (Wildman–Crippen LogP) is 3.87. The monoisotopic (exact) mass is 377 g/mol.